The Hall–Kier alpha value is -3.98. The smallest absolute Gasteiger partial charge is 0.224 e. The van der Waals surface area contributed by atoms with Crippen molar-refractivity contribution in [3.05, 3.63) is 78.6 Å². The summed E-state index contributed by atoms with van der Waals surface area (Å²) in [6, 6.07) is 17.9. The Labute approximate surface area is 194 Å². The molecule has 9 heteroatoms. The highest BCUT2D eigenvalue weighted by Crippen LogP contribution is 2.27. The number of aromatic nitrogens is 5. The highest BCUT2D eigenvalue weighted by atomic mass is 32.2. The quantitative estimate of drug-likeness (QED) is 0.308. The molecular weight excluding hydrogens is 436 g/mol. The van der Waals surface area contributed by atoms with E-state index in [4.69, 9.17) is 0 Å². The van der Waals surface area contributed by atoms with Gasteiger partial charge in [-0.05, 0) is 48.5 Å². The van der Waals surface area contributed by atoms with E-state index in [-0.39, 0.29) is 17.4 Å². The van der Waals surface area contributed by atoms with Crippen LogP contribution in [0.15, 0.2) is 78.2 Å². The van der Waals surface area contributed by atoms with Crippen molar-refractivity contribution in [3.8, 4) is 22.8 Å². The lowest BCUT2D eigenvalue weighted by Gasteiger charge is -2.08. The number of rotatable bonds is 8. The van der Waals surface area contributed by atoms with Gasteiger partial charge in [0.05, 0.1) is 17.1 Å². The minimum Gasteiger partial charge on any atom is -0.326 e. The van der Waals surface area contributed by atoms with Crippen LogP contribution in [0.25, 0.3) is 22.8 Å². The molecule has 1 amide bonds. The van der Waals surface area contributed by atoms with Crippen molar-refractivity contribution in [3.63, 3.8) is 0 Å². The van der Waals surface area contributed by atoms with Crippen LogP contribution >= 0.6 is 11.8 Å². The number of nitrogens with zero attached hydrogens (tertiary/aromatic N) is 5. The molecule has 4 rings (SSSR count). The minimum atomic E-state index is -0.0786. The van der Waals surface area contributed by atoms with E-state index in [0.717, 1.165) is 0 Å². The lowest BCUT2D eigenvalue weighted by molar-refractivity contribution is -0.115. The SMILES string of the molecule is CCC(=O)Nc1ccc(C(=O)CSc2nnc(-c3ccccn3)c(-c3ccccn3)n2)cc1. The van der Waals surface area contributed by atoms with Gasteiger partial charge in [0.1, 0.15) is 11.4 Å². The van der Waals surface area contributed by atoms with Gasteiger partial charge in [-0.25, -0.2) is 4.98 Å². The summed E-state index contributed by atoms with van der Waals surface area (Å²) >= 11 is 1.20. The third kappa shape index (κ3) is 5.64. The van der Waals surface area contributed by atoms with E-state index in [1.54, 1.807) is 43.6 Å². The maximum atomic E-state index is 12.6. The highest BCUT2D eigenvalue weighted by molar-refractivity contribution is 7.99. The number of benzene rings is 1. The Balaban J connectivity index is 1.52. The standard InChI is InChI=1S/C24H20N6O2S/c1-2-21(32)27-17-11-9-16(10-12-17)20(31)15-33-24-28-22(18-7-3-5-13-25-18)23(29-30-24)19-8-4-6-14-26-19/h3-14H,2,15H2,1H3,(H,27,32). The number of carbonyl (C=O) groups excluding carboxylic acids is 2. The number of pyridine rings is 2. The molecule has 8 nitrogen and oxygen atoms in total. The number of Topliss-reactive ketones (excluding diaryl/α,β-unsaturated/α-hetero) is 1. The summed E-state index contributed by atoms with van der Waals surface area (Å²) in [7, 11) is 0. The topological polar surface area (TPSA) is 111 Å². The third-order valence-electron chi connectivity index (χ3n) is 4.63. The zero-order valence-electron chi connectivity index (χ0n) is 17.8. The lowest BCUT2D eigenvalue weighted by Crippen LogP contribution is -2.10. The molecule has 3 heterocycles. The average molecular weight is 457 g/mol. The van der Waals surface area contributed by atoms with Gasteiger partial charge in [-0.2, -0.15) is 0 Å². The van der Waals surface area contributed by atoms with Gasteiger partial charge in [0.25, 0.3) is 0 Å². The van der Waals surface area contributed by atoms with E-state index in [2.05, 4.69) is 30.5 Å². The molecule has 0 aliphatic heterocycles. The Kier molecular flexibility index (Phi) is 7.11. The van der Waals surface area contributed by atoms with Crippen LogP contribution in [0.3, 0.4) is 0 Å². The third-order valence-corrected chi connectivity index (χ3v) is 5.46. The van der Waals surface area contributed by atoms with Crippen LogP contribution in [0, 0.1) is 0 Å². The number of amides is 1. The van der Waals surface area contributed by atoms with E-state index in [1.807, 2.05) is 36.4 Å². The van der Waals surface area contributed by atoms with Crippen LogP contribution in [0.4, 0.5) is 5.69 Å². The van der Waals surface area contributed by atoms with Gasteiger partial charge in [-0.1, -0.05) is 30.8 Å². The van der Waals surface area contributed by atoms with E-state index < -0.39 is 0 Å². The number of nitrogens with one attached hydrogen (secondary N) is 1. The molecule has 4 aromatic rings. The summed E-state index contributed by atoms with van der Waals surface area (Å²) < 4.78 is 0. The van der Waals surface area contributed by atoms with Crippen LogP contribution in [0.5, 0.6) is 0 Å². The van der Waals surface area contributed by atoms with Gasteiger partial charge in [0.2, 0.25) is 11.1 Å². The first-order chi connectivity index (χ1) is 16.1. The highest BCUT2D eigenvalue weighted by Gasteiger charge is 2.16. The molecule has 0 spiro atoms. The number of hydrogen-bond acceptors (Lipinski definition) is 8. The molecule has 0 aliphatic carbocycles. The summed E-state index contributed by atoms with van der Waals surface area (Å²) in [6.07, 6.45) is 3.76. The summed E-state index contributed by atoms with van der Waals surface area (Å²) in [4.78, 5) is 37.5. The van der Waals surface area contributed by atoms with Gasteiger partial charge in [0, 0.05) is 30.1 Å². The average Bonchev–Trinajstić information content (AvgIpc) is 2.88. The largest absolute Gasteiger partial charge is 0.326 e. The molecule has 3 aromatic heterocycles. The second-order valence-corrected chi connectivity index (χ2v) is 7.85. The van der Waals surface area contributed by atoms with Gasteiger partial charge in [0.15, 0.2) is 5.78 Å². The molecule has 33 heavy (non-hydrogen) atoms. The summed E-state index contributed by atoms with van der Waals surface area (Å²) in [5, 5.41) is 11.7. The molecule has 164 valence electrons. The fraction of sp³-hybridized carbons (Fsp3) is 0.125. The second kappa shape index (κ2) is 10.6. The van der Waals surface area contributed by atoms with Crippen molar-refractivity contribution >= 4 is 29.1 Å². The summed E-state index contributed by atoms with van der Waals surface area (Å²) in [5.41, 5.74) is 3.56. The Morgan fingerprint density at radius 1 is 0.848 bits per heavy atom. The van der Waals surface area contributed by atoms with Crippen LogP contribution in [0.2, 0.25) is 0 Å². The minimum absolute atomic E-state index is 0.0767. The van der Waals surface area contributed by atoms with E-state index in [1.165, 1.54) is 11.8 Å². The molecule has 0 saturated heterocycles. The first-order valence-corrected chi connectivity index (χ1v) is 11.3. The van der Waals surface area contributed by atoms with Crippen molar-refractivity contribution in [1.82, 2.24) is 25.1 Å². The first kappa shape index (κ1) is 22.2. The van der Waals surface area contributed by atoms with Crippen LogP contribution < -0.4 is 5.32 Å². The molecule has 0 radical (unpaired) electrons. The van der Waals surface area contributed by atoms with Crippen LogP contribution in [-0.2, 0) is 4.79 Å². The van der Waals surface area contributed by atoms with E-state index in [9.17, 15) is 9.59 Å². The Morgan fingerprint density at radius 3 is 2.12 bits per heavy atom. The number of anilines is 1. The fourth-order valence-electron chi connectivity index (χ4n) is 2.93. The normalized spacial score (nSPS) is 10.6. The van der Waals surface area contributed by atoms with Crippen LogP contribution in [0.1, 0.15) is 23.7 Å². The lowest BCUT2D eigenvalue weighted by atomic mass is 10.1. The van der Waals surface area contributed by atoms with Crippen molar-refractivity contribution in [1.29, 1.82) is 0 Å². The number of thioether (sulfide) groups is 1. The maximum absolute atomic E-state index is 12.6. The molecule has 1 N–H and O–H groups in total. The zero-order valence-corrected chi connectivity index (χ0v) is 18.6. The van der Waals surface area contributed by atoms with Gasteiger partial charge in [-0.3, -0.25) is 19.6 Å². The molecule has 0 aliphatic rings. The van der Waals surface area contributed by atoms with Crippen molar-refractivity contribution < 1.29 is 9.59 Å². The van der Waals surface area contributed by atoms with E-state index in [0.29, 0.717) is 45.6 Å². The maximum Gasteiger partial charge on any atom is 0.224 e. The van der Waals surface area contributed by atoms with Gasteiger partial charge in [-0.15, -0.1) is 10.2 Å². The monoisotopic (exact) mass is 456 g/mol. The zero-order chi connectivity index (χ0) is 23.0. The number of hydrogen-bond donors (Lipinski definition) is 1. The van der Waals surface area contributed by atoms with Crippen molar-refractivity contribution in [2.24, 2.45) is 0 Å². The van der Waals surface area contributed by atoms with Crippen LogP contribution in [-0.4, -0.2) is 42.6 Å². The molecule has 0 saturated carbocycles. The molecule has 0 atom stereocenters. The first-order valence-electron chi connectivity index (χ1n) is 10.3. The Bertz CT molecular complexity index is 1250. The fourth-order valence-corrected chi connectivity index (χ4v) is 3.61. The molecule has 1 aromatic carbocycles. The molecule has 0 unspecified atom stereocenters. The van der Waals surface area contributed by atoms with E-state index >= 15 is 0 Å². The Morgan fingerprint density at radius 2 is 1.52 bits per heavy atom. The summed E-state index contributed by atoms with van der Waals surface area (Å²) in [6.45, 7) is 1.78. The van der Waals surface area contributed by atoms with Crippen molar-refractivity contribution in [2.75, 3.05) is 11.1 Å². The van der Waals surface area contributed by atoms with Gasteiger partial charge >= 0.3 is 0 Å². The molecule has 0 bridgehead atoms. The van der Waals surface area contributed by atoms with Crippen molar-refractivity contribution in [2.45, 2.75) is 18.5 Å². The molecule has 0 fully saturated rings. The number of carbonyl (C=O) groups is 2. The van der Waals surface area contributed by atoms with Gasteiger partial charge < -0.3 is 5.32 Å². The predicted molar refractivity (Wildman–Crippen MR) is 127 cm³/mol. The number of ketones is 1. The summed E-state index contributed by atoms with van der Waals surface area (Å²) in [5.74, 6) is -0.00951. The second-order valence-electron chi connectivity index (χ2n) is 6.91. The molecular formula is C24H20N6O2S. The predicted octanol–water partition coefficient (Wildman–Crippen LogP) is 4.32.